The molecule has 1 saturated heterocycles. The predicted octanol–water partition coefficient (Wildman–Crippen LogP) is 2.30. The van der Waals surface area contributed by atoms with Crippen molar-refractivity contribution >= 4 is 28.7 Å². The normalized spacial score (nSPS) is 18.0. The van der Waals surface area contributed by atoms with E-state index in [4.69, 9.17) is 4.42 Å². The number of hydrogen-bond donors (Lipinski definition) is 2. The number of hydrogen-bond acceptors (Lipinski definition) is 4. The maximum atomic E-state index is 12.0. The number of aromatic nitrogens is 1. The number of carbonyl (C=O) groups is 2. The molecule has 1 aromatic carbocycles. The molecule has 2 N–H and O–H groups in total. The van der Waals surface area contributed by atoms with Crippen LogP contribution < -0.4 is 10.6 Å². The standard InChI is InChI=1S/C16H20N4O3/c1-9(2)15-19-12-6-10(4-5-13(12)23-15)17-16(22)18-11-7-14(21)20(3)8-11/h4-6,9,11H,7-8H2,1-3H3,(H2,17,18,22)/t11-/m0/s1. The number of benzene rings is 1. The summed E-state index contributed by atoms with van der Waals surface area (Å²) in [7, 11) is 1.73. The van der Waals surface area contributed by atoms with Gasteiger partial charge in [0, 0.05) is 31.6 Å². The first kappa shape index (κ1) is 15.3. The van der Waals surface area contributed by atoms with Crippen molar-refractivity contribution in [2.24, 2.45) is 0 Å². The highest BCUT2D eigenvalue weighted by atomic mass is 16.3. The van der Waals surface area contributed by atoms with E-state index in [9.17, 15) is 9.59 Å². The molecule has 1 aliphatic heterocycles. The van der Waals surface area contributed by atoms with Gasteiger partial charge in [-0.2, -0.15) is 0 Å². The summed E-state index contributed by atoms with van der Waals surface area (Å²) in [4.78, 5) is 29.5. The zero-order valence-electron chi connectivity index (χ0n) is 13.4. The quantitative estimate of drug-likeness (QED) is 0.909. The van der Waals surface area contributed by atoms with E-state index in [0.717, 1.165) is 0 Å². The lowest BCUT2D eigenvalue weighted by Crippen LogP contribution is -2.39. The van der Waals surface area contributed by atoms with Gasteiger partial charge >= 0.3 is 6.03 Å². The first-order chi connectivity index (χ1) is 10.9. The third-order valence-electron chi connectivity index (χ3n) is 3.83. The molecule has 3 amide bonds. The number of rotatable bonds is 3. The van der Waals surface area contributed by atoms with Crippen LogP contribution in [0, 0.1) is 0 Å². The minimum atomic E-state index is -0.329. The molecule has 0 spiro atoms. The predicted molar refractivity (Wildman–Crippen MR) is 86.3 cm³/mol. The summed E-state index contributed by atoms with van der Waals surface area (Å²) in [6, 6.07) is 4.84. The highest BCUT2D eigenvalue weighted by Gasteiger charge is 2.27. The summed E-state index contributed by atoms with van der Waals surface area (Å²) in [5, 5.41) is 5.57. The molecule has 1 fully saturated rings. The van der Waals surface area contributed by atoms with Crippen molar-refractivity contribution in [1.82, 2.24) is 15.2 Å². The Balaban J connectivity index is 1.66. The van der Waals surface area contributed by atoms with Gasteiger partial charge in [-0.3, -0.25) is 4.79 Å². The number of urea groups is 1. The van der Waals surface area contributed by atoms with Gasteiger partial charge in [-0.05, 0) is 18.2 Å². The summed E-state index contributed by atoms with van der Waals surface area (Å²) in [6.45, 7) is 4.56. The maximum Gasteiger partial charge on any atom is 0.319 e. The Morgan fingerprint density at radius 2 is 2.22 bits per heavy atom. The van der Waals surface area contributed by atoms with Crippen LogP contribution in [0.1, 0.15) is 32.1 Å². The van der Waals surface area contributed by atoms with Gasteiger partial charge < -0.3 is 20.0 Å². The minimum Gasteiger partial charge on any atom is -0.440 e. The van der Waals surface area contributed by atoms with Gasteiger partial charge in [-0.25, -0.2) is 9.78 Å². The van der Waals surface area contributed by atoms with Gasteiger partial charge in [-0.1, -0.05) is 13.8 Å². The Bertz CT molecular complexity index is 753. The molecule has 3 rings (SSSR count). The lowest BCUT2D eigenvalue weighted by molar-refractivity contribution is -0.126. The van der Waals surface area contributed by atoms with E-state index in [1.165, 1.54) is 0 Å². The summed E-state index contributed by atoms with van der Waals surface area (Å²) >= 11 is 0. The van der Waals surface area contributed by atoms with E-state index in [2.05, 4.69) is 15.6 Å². The van der Waals surface area contributed by atoms with Crippen LogP contribution in [-0.2, 0) is 4.79 Å². The Hall–Kier alpha value is -2.57. The SMILES string of the molecule is CC(C)c1nc2cc(NC(=O)N[C@H]3CC(=O)N(C)C3)ccc2o1. The molecule has 7 heteroatoms. The minimum absolute atomic E-state index is 0.0422. The molecule has 2 aromatic rings. The van der Waals surface area contributed by atoms with Gasteiger partial charge in [-0.15, -0.1) is 0 Å². The number of carbonyl (C=O) groups excluding carboxylic acids is 2. The molecule has 0 unspecified atom stereocenters. The van der Waals surface area contributed by atoms with Crippen LogP contribution in [0.25, 0.3) is 11.1 Å². The number of anilines is 1. The average Bonchev–Trinajstić information content (AvgIpc) is 3.02. The van der Waals surface area contributed by atoms with Crippen molar-refractivity contribution in [3.63, 3.8) is 0 Å². The van der Waals surface area contributed by atoms with E-state index < -0.39 is 0 Å². The molecular weight excluding hydrogens is 296 g/mol. The van der Waals surface area contributed by atoms with Crippen LogP contribution in [0.3, 0.4) is 0 Å². The number of likely N-dealkylation sites (tertiary alicyclic amines) is 1. The number of likely N-dealkylation sites (N-methyl/N-ethyl adjacent to an activating group) is 1. The Labute approximate surface area is 134 Å². The van der Waals surface area contributed by atoms with Crippen LogP contribution in [0.2, 0.25) is 0 Å². The highest BCUT2D eigenvalue weighted by molar-refractivity contribution is 5.92. The third-order valence-corrected chi connectivity index (χ3v) is 3.83. The van der Waals surface area contributed by atoms with Crippen molar-refractivity contribution < 1.29 is 14.0 Å². The summed E-state index contributed by atoms with van der Waals surface area (Å²) in [6.07, 6.45) is 0.337. The van der Waals surface area contributed by atoms with Crippen LogP contribution in [0.5, 0.6) is 0 Å². The number of oxazole rings is 1. The monoisotopic (exact) mass is 316 g/mol. The molecule has 0 radical (unpaired) electrons. The van der Waals surface area contributed by atoms with E-state index in [1.807, 2.05) is 13.8 Å². The fraction of sp³-hybridized carbons (Fsp3) is 0.438. The Morgan fingerprint density at radius 3 is 2.87 bits per heavy atom. The number of amides is 3. The summed E-state index contributed by atoms with van der Waals surface area (Å²) < 4.78 is 5.64. The molecule has 1 aromatic heterocycles. The van der Waals surface area contributed by atoms with Gasteiger partial charge in [0.25, 0.3) is 0 Å². The maximum absolute atomic E-state index is 12.0. The molecule has 0 aliphatic carbocycles. The average molecular weight is 316 g/mol. The fourth-order valence-corrected chi connectivity index (χ4v) is 2.58. The molecule has 1 atom stereocenters. The lowest BCUT2D eigenvalue weighted by atomic mass is 10.2. The first-order valence-electron chi connectivity index (χ1n) is 7.64. The zero-order chi connectivity index (χ0) is 16.6. The van der Waals surface area contributed by atoms with E-state index in [0.29, 0.717) is 35.6 Å². The lowest BCUT2D eigenvalue weighted by Gasteiger charge is -2.13. The smallest absolute Gasteiger partial charge is 0.319 e. The van der Waals surface area contributed by atoms with Crippen LogP contribution in [0.15, 0.2) is 22.6 Å². The third kappa shape index (κ3) is 3.28. The van der Waals surface area contributed by atoms with Gasteiger partial charge in [0.05, 0.1) is 6.04 Å². The number of nitrogens with one attached hydrogen (secondary N) is 2. The second-order valence-corrected chi connectivity index (χ2v) is 6.16. The van der Waals surface area contributed by atoms with Crippen molar-refractivity contribution in [1.29, 1.82) is 0 Å². The Morgan fingerprint density at radius 1 is 1.43 bits per heavy atom. The first-order valence-corrected chi connectivity index (χ1v) is 7.64. The molecule has 0 saturated carbocycles. The highest BCUT2D eigenvalue weighted by Crippen LogP contribution is 2.23. The van der Waals surface area contributed by atoms with Crippen molar-refractivity contribution in [3.8, 4) is 0 Å². The van der Waals surface area contributed by atoms with E-state index >= 15 is 0 Å². The molecule has 23 heavy (non-hydrogen) atoms. The van der Waals surface area contributed by atoms with Gasteiger partial charge in [0.1, 0.15) is 5.52 Å². The summed E-state index contributed by atoms with van der Waals surface area (Å²) in [5.74, 6) is 0.925. The largest absolute Gasteiger partial charge is 0.440 e. The second kappa shape index (κ2) is 5.91. The van der Waals surface area contributed by atoms with E-state index in [1.54, 1.807) is 30.1 Å². The molecule has 0 bridgehead atoms. The molecule has 7 nitrogen and oxygen atoms in total. The summed E-state index contributed by atoms with van der Waals surface area (Å²) in [5.41, 5.74) is 2.04. The van der Waals surface area contributed by atoms with Gasteiger partial charge in [0.15, 0.2) is 11.5 Å². The van der Waals surface area contributed by atoms with Crippen LogP contribution >= 0.6 is 0 Å². The topological polar surface area (TPSA) is 87.5 Å². The van der Waals surface area contributed by atoms with Crippen LogP contribution in [-0.4, -0.2) is 41.5 Å². The molecule has 1 aliphatic rings. The molecular formula is C16H20N4O3. The number of fused-ring (bicyclic) bond motifs is 1. The fourth-order valence-electron chi connectivity index (χ4n) is 2.58. The molecule has 2 heterocycles. The second-order valence-electron chi connectivity index (χ2n) is 6.16. The van der Waals surface area contributed by atoms with Gasteiger partial charge in [0.2, 0.25) is 5.91 Å². The van der Waals surface area contributed by atoms with Crippen molar-refractivity contribution in [3.05, 3.63) is 24.1 Å². The van der Waals surface area contributed by atoms with Crippen molar-refractivity contribution in [2.75, 3.05) is 18.9 Å². The Kier molecular flexibility index (Phi) is 3.94. The molecule has 122 valence electrons. The zero-order valence-corrected chi connectivity index (χ0v) is 13.4. The van der Waals surface area contributed by atoms with E-state index in [-0.39, 0.29) is 23.9 Å². The number of nitrogens with zero attached hydrogens (tertiary/aromatic N) is 2. The van der Waals surface area contributed by atoms with Crippen molar-refractivity contribution in [2.45, 2.75) is 32.2 Å². The van der Waals surface area contributed by atoms with Crippen LogP contribution in [0.4, 0.5) is 10.5 Å².